The number of rotatable bonds is 1. The quantitative estimate of drug-likeness (QED) is 0.273. The first-order valence-electron chi connectivity index (χ1n) is 2.48. The van der Waals surface area contributed by atoms with Crippen LogP contribution in [0.2, 0.25) is 0 Å². The maximum Gasteiger partial charge on any atom is 0.220 e. The van der Waals surface area contributed by atoms with Crippen molar-refractivity contribution >= 4 is 6.41 Å². The minimum atomic E-state index is 0.683. The van der Waals surface area contributed by atoms with Gasteiger partial charge in [0.1, 0.15) is 0 Å². The highest BCUT2D eigenvalue weighted by Gasteiger charge is 1.77. The van der Waals surface area contributed by atoms with Crippen LogP contribution in [0.25, 0.3) is 0 Å². The summed E-state index contributed by atoms with van der Waals surface area (Å²) >= 11 is 0. The Bertz CT molecular complexity index is 120. The third-order valence-corrected chi connectivity index (χ3v) is 0.590. The van der Waals surface area contributed by atoms with Crippen LogP contribution in [0, 0.1) is 12.0 Å². The number of hydrogen-bond acceptors (Lipinski definition) is 1. The lowest BCUT2D eigenvalue weighted by Gasteiger charge is -1.93. The lowest BCUT2D eigenvalue weighted by molar-refractivity contribution is -0.114. The van der Waals surface area contributed by atoms with E-state index in [1.807, 2.05) is 6.92 Å². The van der Waals surface area contributed by atoms with Gasteiger partial charge in [0.05, 0.1) is 0 Å². The van der Waals surface area contributed by atoms with E-state index < -0.39 is 0 Å². The van der Waals surface area contributed by atoms with E-state index in [1.54, 1.807) is 7.05 Å². The molecule has 2 heteroatoms. The highest BCUT2D eigenvalue weighted by atomic mass is 16.1. The van der Waals surface area contributed by atoms with Crippen LogP contribution in [0.5, 0.6) is 0 Å². The van der Waals surface area contributed by atoms with E-state index in [9.17, 15) is 4.79 Å². The van der Waals surface area contributed by atoms with E-state index in [0.29, 0.717) is 6.41 Å². The molecule has 0 saturated carbocycles. The van der Waals surface area contributed by atoms with Crippen LogP contribution in [-0.2, 0) is 4.79 Å². The van der Waals surface area contributed by atoms with Gasteiger partial charge in [-0.3, -0.25) is 9.69 Å². The van der Waals surface area contributed by atoms with Crippen LogP contribution in [0.15, 0.2) is 0 Å². The molecule has 0 saturated heterocycles. The van der Waals surface area contributed by atoms with Gasteiger partial charge in [0.2, 0.25) is 6.41 Å². The summed E-state index contributed by atoms with van der Waals surface area (Å²) in [5.74, 6) is 2.74. The Morgan fingerprint density at radius 1 is 1.75 bits per heavy atom. The van der Waals surface area contributed by atoms with E-state index in [1.165, 1.54) is 4.90 Å². The van der Waals surface area contributed by atoms with Gasteiger partial charge in [-0.25, -0.2) is 0 Å². The van der Waals surface area contributed by atoms with Crippen LogP contribution in [0.4, 0.5) is 0 Å². The van der Waals surface area contributed by atoms with Crippen LogP contribution >= 0.6 is 0 Å². The Morgan fingerprint density at radius 2 is 2.38 bits per heavy atom. The van der Waals surface area contributed by atoms with Gasteiger partial charge < -0.3 is 0 Å². The van der Waals surface area contributed by atoms with Gasteiger partial charge in [-0.2, -0.15) is 0 Å². The summed E-state index contributed by atoms with van der Waals surface area (Å²) < 4.78 is 0. The minimum absolute atomic E-state index is 0.683. The zero-order chi connectivity index (χ0) is 6.41. The van der Waals surface area contributed by atoms with E-state index in [4.69, 9.17) is 0 Å². The van der Waals surface area contributed by atoms with E-state index in [0.717, 1.165) is 6.42 Å². The van der Waals surface area contributed by atoms with Crippen molar-refractivity contribution in [2.24, 2.45) is 0 Å². The smallest absolute Gasteiger partial charge is 0.220 e. The number of nitrogens with zero attached hydrogens (tertiary/aromatic N) is 1. The molecule has 0 aromatic rings. The number of hydrogen-bond donors (Lipinski definition) is 0. The van der Waals surface area contributed by atoms with Crippen molar-refractivity contribution in [1.29, 1.82) is 0 Å². The third-order valence-electron chi connectivity index (χ3n) is 0.590. The summed E-state index contributed by atoms with van der Waals surface area (Å²) in [6, 6.07) is 2.60. The molecule has 0 radical (unpaired) electrons. The van der Waals surface area contributed by atoms with E-state index in [-0.39, 0.29) is 0 Å². The molecule has 0 heterocycles. The van der Waals surface area contributed by atoms with Crippen molar-refractivity contribution in [3.63, 3.8) is 0 Å². The SMILES string of the molecule is CCC#CN(C)C=O. The van der Waals surface area contributed by atoms with E-state index in [2.05, 4.69) is 12.0 Å². The molecule has 1 amide bonds. The van der Waals surface area contributed by atoms with Gasteiger partial charge in [-0.1, -0.05) is 12.8 Å². The number of carbonyl (C=O) groups excluding carboxylic acids is 1. The summed E-state index contributed by atoms with van der Waals surface area (Å²) in [5.41, 5.74) is 0. The maximum atomic E-state index is 9.83. The average molecular weight is 111 g/mol. The fraction of sp³-hybridized carbons (Fsp3) is 0.500. The number of carbonyl (C=O) groups is 1. The molecular weight excluding hydrogens is 102 g/mol. The first kappa shape index (κ1) is 7.03. The minimum Gasteiger partial charge on any atom is -0.278 e. The topological polar surface area (TPSA) is 20.3 Å². The molecule has 0 spiro atoms. The largest absolute Gasteiger partial charge is 0.278 e. The fourth-order valence-corrected chi connectivity index (χ4v) is 0.230. The van der Waals surface area contributed by atoms with Gasteiger partial charge >= 0.3 is 0 Å². The van der Waals surface area contributed by atoms with Crippen molar-refractivity contribution in [3.8, 4) is 12.0 Å². The standard InChI is InChI=1S/C6H9NO/c1-3-4-5-7(2)6-8/h6H,3H2,1-2H3. The molecule has 0 aliphatic carbocycles. The van der Waals surface area contributed by atoms with Crippen LogP contribution in [0.3, 0.4) is 0 Å². The van der Waals surface area contributed by atoms with Crippen LogP contribution in [-0.4, -0.2) is 18.4 Å². The third kappa shape index (κ3) is 3.23. The summed E-state index contributed by atoms with van der Waals surface area (Å²) in [4.78, 5) is 11.1. The lowest BCUT2D eigenvalue weighted by Crippen LogP contribution is -2.06. The molecule has 0 N–H and O–H groups in total. The maximum absolute atomic E-state index is 9.83. The monoisotopic (exact) mass is 111 g/mol. The average Bonchev–Trinajstić information content (AvgIpc) is 1.83. The Hall–Kier alpha value is -0.970. The Labute approximate surface area is 49.5 Å². The molecule has 44 valence electrons. The Kier molecular flexibility index (Phi) is 3.69. The van der Waals surface area contributed by atoms with Crippen molar-refractivity contribution in [2.75, 3.05) is 7.05 Å². The molecule has 0 rings (SSSR count). The van der Waals surface area contributed by atoms with Crippen molar-refractivity contribution in [1.82, 2.24) is 4.90 Å². The van der Waals surface area contributed by atoms with Gasteiger partial charge in [0.15, 0.2) is 0 Å². The molecule has 0 unspecified atom stereocenters. The Morgan fingerprint density at radius 3 is 2.75 bits per heavy atom. The first-order valence-corrected chi connectivity index (χ1v) is 2.48. The summed E-state index contributed by atoms with van der Waals surface area (Å²) in [7, 11) is 1.62. The normalized spacial score (nSPS) is 6.75. The molecule has 0 bridgehead atoms. The summed E-state index contributed by atoms with van der Waals surface area (Å²) in [5, 5.41) is 0. The van der Waals surface area contributed by atoms with Crippen LogP contribution in [0.1, 0.15) is 13.3 Å². The predicted molar refractivity (Wildman–Crippen MR) is 31.9 cm³/mol. The number of amides is 1. The zero-order valence-electron chi connectivity index (χ0n) is 5.14. The lowest BCUT2D eigenvalue weighted by atomic mass is 10.5. The highest BCUT2D eigenvalue weighted by molar-refractivity contribution is 5.49. The second-order valence-corrected chi connectivity index (χ2v) is 1.36. The molecule has 0 aromatic carbocycles. The zero-order valence-corrected chi connectivity index (χ0v) is 5.14. The molecule has 0 atom stereocenters. The fourth-order valence-electron chi connectivity index (χ4n) is 0.230. The first-order chi connectivity index (χ1) is 3.81. The molecule has 0 aliphatic heterocycles. The molecular formula is C6H9NO. The second-order valence-electron chi connectivity index (χ2n) is 1.36. The van der Waals surface area contributed by atoms with E-state index >= 15 is 0 Å². The highest BCUT2D eigenvalue weighted by Crippen LogP contribution is 1.70. The van der Waals surface area contributed by atoms with Crippen molar-refractivity contribution in [2.45, 2.75) is 13.3 Å². The summed E-state index contributed by atoms with van der Waals surface area (Å²) in [6.07, 6.45) is 1.47. The predicted octanol–water partition coefficient (Wildman–Crippen LogP) is 0.446. The van der Waals surface area contributed by atoms with Gasteiger partial charge in [-0.15, -0.1) is 0 Å². The molecule has 0 aromatic heterocycles. The molecule has 0 fully saturated rings. The molecule has 0 aliphatic rings. The second kappa shape index (κ2) is 4.20. The van der Waals surface area contributed by atoms with Gasteiger partial charge in [0, 0.05) is 19.5 Å². The van der Waals surface area contributed by atoms with Gasteiger partial charge in [-0.05, 0) is 0 Å². The van der Waals surface area contributed by atoms with Crippen molar-refractivity contribution < 1.29 is 4.79 Å². The Balaban J connectivity index is 3.50. The molecule has 8 heavy (non-hydrogen) atoms. The van der Waals surface area contributed by atoms with Crippen molar-refractivity contribution in [3.05, 3.63) is 0 Å². The molecule has 2 nitrogen and oxygen atoms in total. The van der Waals surface area contributed by atoms with Gasteiger partial charge in [0.25, 0.3) is 0 Å². The summed E-state index contributed by atoms with van der Waals surface area (Å²) in [6.45, 7) is 1.94. The van der Waals surface area contributed by atoms with Crippen LogP contribution < -0.4 is 0 Å².